The fourth-order valence-electron chi connectivity index (χ4n) is 2.48. The van der Waals surface area contributed by atoms with Crippen LogP contribution < -0.4 is 10.1 Å². The molecule has 25 heavy (non-hydrogen) atoms. The van der Waals surface area contributed by atoms with Crippen LogP contribution in [0.2, 0.25) is 5.02 Å². The summed E-state index contributed by atoms with van der Waals surface area (Å²) in [7, 11) is 0. The van der Waals surface area contributed by atoms with Crippen molar-refractivity contribution in [2.75, 3.05) is 12.3 Å². The number of amides is 1. The molecule has 3 nitrogen and oxygen atoms in total. The van der Waals surface area contributed by atoms with Crippen LogP contribution in [-0.2, 0) is 4.79 Å². The Labute approximate surface area is 159 Å². The van der Waals surface area contributed by atoms with E-state index in [0.29, 0.717) is 13.0 Å². The average molecular weight is 378 g/mol. The number of carbonyl (C=O) groups is 1. The van der Waals surface area contributed by atoms with Gasteiger partial charge in [0.25, 0.3) is 5.91 Å². The lowest BCUT2D eigenvalue weighted by molar-refractivity contribution is -0.127. The summed E-state index contributed by atoms with van der Waals surface area (Å²) in [4.78, 5) is 13.5. The summed E-state index contributed by atoms with van der Waals surface area (Å²) in [5.74, 6) is 1.47. The van der Waals surface area contributed by atoms with Gasteiger partial charge in [0.05, 0.1) is 0 Å². The van der Waals surface area contributed by atoms with E-state index in [1.54, 1.807) is 11.8 Å². The Morgan fingerprint density at radius 2 is 1.80 bits per heavy atom. The lowest BCUT2D eigenvalue weighted by Gasteiger charge is -2.18. The zero-order valence-corrected chi connectivity index (χ0v) is 16.4. The molecule has 0 aromatic heterocycles. The van der Waals surface area contributed by atoms with E-state index in [9.17, 15) is 4.79 Å². The number of hydrogen-bond donors (Lipinski definition) is 1. The maximum Gasteiger partial charge on any atom is 0.261 e. The van der Waals surface area contributed by atoms with Gasteiger partial charge in [0, 0.05) is 22.2 Å². The summed E-state index contributed by atoms with van der Waals surface area (Å²) in [6.45, 7) is 6.60. The predicted octanol–water partition coefficient (Wildman–Crippen LogP) is 5.02. The molecule has 0 aliphatic carbocycles. The smallest absolute Gasteiger partial charge is 0.261 e. The van der Waals surface area contributed by atoms with Crippen LogP contribution in [-0.4, -0.2) is 24.3 Å². The molecule has 0 fully saturated rings. The highest BCUT2D eigenvalue weighted by molar-refractivity contribution is 7.99. The molecular formula is C20H24ClNO2S. The average Bonchev–Trinajstić information content (AvgIpc) is 2.57. The van der Waals surface area contributed by atoms with Gasteiger partial charge in [0.2, 0.25) is 0 Å². The van der Waals surface area contributed by atoms with Gasteiger partial charge in [-0.1, -0.05) is 24.6 Å². The lowest BCUT2D eigenvalue weighted by atomic mass is 10.1. The van der Waals surface area contributed by atoms with Gasteiger partial charge in [-0.25, -0.2) is 0 Å². The summed E-state index contributed by atoms with van der Waals surface area (Å²) in [6, 6.07) is 13.7. The first-order valence-corrected chi connectivity index (χ1v) is 9.75. The van der Waals surface area contributed by atoms with Crippen molar-refractivity contribution in [2.45, 2.75) is 38.2 Å². The molecule has 1 N–H and O–H groups in total. The van der Waals surface area contributed by atoms with Crippen molar-refractivity contribution in [3.63, 3.8) is 0 Å². The number of hydrogen-bond acceptors (Lipinski definition) is 3. The molecule has 0 saturated heterocycles. The highest BCUT2D eigenvalue weighted by atomic mass is 35.5. The Balaban J connectivity index is 1.80. The first kappa shape index (κ1) is 19.7. The van der Waals surface area contributed by atoms with E-state index in [-0.39, 0.29) is 5.91 Å². The summed E-state index contributed by atoms with van der Waals surface area (Å²) in [5.41, 5.74) is 2.26. The number of halogens is 1. The van der Waals surface area contributed by atoms with Gasteiger partial charge in [-0.15, -0.1) is 11.8 Å². The largest absolute Gasteiger partial charge is 0.481 e. The van der Waals surface area contributed by atoms with Crippen molar-refractivity contribution in [2.24, 2.45) is 0 Å². The summed E-state index contributed by atoms with van der Waals surface area (Å²) < 4.78 is 5.88. The number of thioether (sulfide) groups is 1. The van der Waals surface area contributed by atoms with Crippen molar-refractivity contribution in [3.05, 3.63) is 58.6 Å². The van der Waals surface area contributed by atoms with Crippen molar-refractivity contribution in [3.8, 4) is 5.75 Å². The number of benzene rings is 2. The fraction of sp³-hybridized carbons (Fsp3) is 0.350. The van der Waals surface area contributed by atoms with Crippen LogP contribution in [0.25, 0.3) is 0 Å². The molecule has 5 heteroatoms. The second-order valence-corrected chi connectivity index (χ2v) is 7.54. The minimum absolute atomic E-state index is 0.0710. The first-order chi connectivity index (χ1) is 12.0. The highest BCUT2D eigenvalue weighted by Crippen LogP contribution is 2.20. The molecule has 0 aliphatic rings. The third kappa shape index (κ3) is 6.63. The molecule has 134 valence electrons. The Morgan fingerprint density at radius 1 is 1.16 bits per heavy atom. The van der Waals surface area contributed by atoms with E-state index in [2.05, 4.69) is 11.4 Å². The SMILES string of the molecule is CCC(Oc1cc(C)cc(C)c1)C(=O)NCCSc1ccc(Cl)cc1. The van der Waals surface area contributed by atoms with Gasteiger partial charge in [-0.3, -0.25) is 4.79 Å². The van der Waals surface area contributed by atoms with Crippen LogP contribution >= 0.6 is 23.4 Å². The first-order valence-electron chi connectivity index (χ1n) is 8.39. The molecule has 1 atom stereocenters. The number of carbonyl (C=O) groups excluding carboxylic acids is 1. The van der Waals surface area contributed by atoms with E-state index < -0.39 is 6.10 Å². The molecule has 1 amide bonds. The van der Waals surface area contributed by atoms with E-state index in [1.807, 2.05) is 57.2 Å². The van der Waals surface area contributed by atoms with Crippen LogP contribution in [0, 0.1) is 13.8 Å². The number of nitrogens with one attached hydrogen (secondary N) is 1. The van der Waals surface area contributed by atoms with E-state index in [4.69, 9.17) is 16.3 Å². The van der Waals surface area contributed by atoms with Crippen molar-refractivity contribution >= 4 is 29.3 Å². The molecule has 0 radical (unpaired) electrons. The zero-order valence-electron chi connectivity index (χ0n) is 14.8. The molecule has 2 aromatic rings. The van der Waals surface area contributed by atoms with Crippen LogP contribution in [0.1, 0.15) is 24.5 Å². The van der Waals surface area contributed by atoms with Crippen LogP contribution in [0.5, 0.6) is 5.75 Å². The van der Waals surface area contributed by atoms with E-state index in [0.717, 1.165) is 32.5 Å². The monoisotopic (exact) mass is 377 g/mol. The van der Waals surface area contributed by atoms with Gasteiger partial charge in [0.15, 0.2) is 6.10 Å². The maximum atomic E-state index is 12.3. The number of ether oxygens (including phenoxy) is 1. The topological polar surface area (TPSA) is 38.3 Å². The number of aryl methyl sites for hydroxylation is 2. The van der Waals surface area contributed by atoms with Gasteiger partial charge < -0.3 is 10.1 Å². The minimum Gasteiger partial charge on any atom is -0.481 e. The van der Waals surface area contributed by atoms with Gasteiger partial charge in [-0.2, -0.15) is 0 Å². The summed E-state index contributed by atoms with van der Waals surface area (Å²) in [5, 5.41) is 3.68. The molecule has 0 spiro atoms. The molecule has 2 rings (SSSR count). The molecule has 0 saturated carbocycles. The standard InChI is InChI=1S/C20H24ClNO2S/c1-4-19(24-17-12-14(2)11-15(3)13-17)20(23)22-9-10-25-18-7-5-16(21)6-8-18/h5-8,11-13,19H,4,9-10H2,1-3H3,(H,22,23). The molecule has 0 bridgehead atoms. The van der Waals surface area contributed by atoms with Gasteiger partial charge in [-0.05, 0) is 67.8 Å². The Kier molecular flexibility index (Phi) is 7.66. The van der Waals surface area contributed by atoms with Crippen molar-refractivity contribution in [1.82, 2.24) is 5.32 Å². The Hall–Kier alpha value is -1.65. The Bertz CT molecular complexity index is 683. The van der Waals surface area contributed by atoms with Gasteiger partial charge >= 0.3 is 0 Å². The normalized spacial score (nSPS) is 11.8. The molecular weight excluding hydrogens is 354 g/mol. The second kappa shape index (κ2) is 9.73. The quantitative estimate of drug-likeness (QED) is 0.518. The van der Waals surface area contributed by atoms with Gasteiger partial charge in [0.1, 0.15) is 5.75 Å². The van der Waals surface area contributed by atoms with Crippen LogP contribution in [0.4, 0.5) is 0 Å². The summed E-state index contributed by atoms with van der Waals surface area (Å²) in [6.07, 6.45) is 0.158. The lowest BCUT2D eigenvalue weighted by Crippen LogP contribution is -2.39. The third-order valence-corrected chi connectivity index (χ3v) is 4.89. The fourth-order valence-corrected chi connectivity index (χ4v) is 3.37. The minimum atomic E-state index is -0.471. The molecule has 0 aliphatic heterocycles. The highest BCUT2D eigenvalue weighted by Gasteiger charge is 2.18. The predicted molar refractivity (Wildman–Crippen MR) is 106 cm³/mol. The Morgan fingerprint density at radius 3 is 2.40 bits per heavy atom. The van der Waals surface area contributed by atoms with Crippen LogP contribution in [0.15, 0.2) is 47.4 Å². The van der Waals surface area contributed by atoms with E-state index >= 15 is 0 Å². The maximum absolute atomic E-state index is 12.3. The third-order valence-electron chi connectivity index (χ3n) is 3.62. The summed E-state index contributed by atoms with van der Waals surface area (Å²) >= 11 is 7.56. The van der Waals surface area contributed by atoms with E-state index in [1.165, 1.54) is 0 Å². The van der Waals surface area contributed by atoms with Crippen molar-refractivity contribution < 1.29 is 9.53 Å². The molecule has 0 heterocycles. The van der Waals surface area contributed by atoms with Crippen LogP contribution in [0.3, 0.4) is 0 Å². The zero-order chi connectivity index (χ0) is 18.2. The molecule has 1 unspecified atom stereocenters. The molecule has 2 aromatic carbocycles. The van der Waals surface area contributed by atoms with Crippen molar-refractivity contribution in [1.29, 1.82) is 0 Å². The number of rotatable bonds is 8. The second-order valence-electron chi connectivity index (χ2n) is 5.93.